The van der Waals surface area contributed by atoms with Crippen LogP contribution in [-0.4, -0.2) is 75.9 Å². The number of nitrogens with zero attached hydrogens (tertiary/aromatic N) is 2. The van der Waals surface area contributed by atoms with Gasteiger partial charge < -0.3 is 25.0 Å². The fraction of sp³-hybridized carbons (Fsp3) is 0.579. The van der Waals surface area contributed by atoms with Crippen molar-refractivity contribution in [1.29, 1.82) is 0 Å². The van der Waals surface area contributed by atoms with E-state index in [-0.39, 0.29) is 18.0 Å². The molecule has 1 atom stereocenters. The number of methoxy groups -OCH3 is 1. The molecule has 0 spiro atoms. The smallest absolute Gasteiger partial charge is 0.315 e. The second-order valence-corrected chi connectivity index (χ2v) is 6.81. The Morgan fingerprint density at radius 2 is 2.15 bits per heavy atom. The summed E-state index contributed by atoms with van der Waals surface area (Å²) in [6, 6.07) is 6.97. The molecule has 27 heavy (non-hydrogen) atoms. The Morgan fingerprint density at radius 3 is 2.93 bits per heavy atom. The third kappa shape index (κ3) is 5.58. The summed E-state index contributed by atoms with van der Waals surface area (Å²) in [6.07, 6.45) is 1.20. The van der Waals surface area contributed by atoms with Gasteiger partial charge in [0.2, 0.25) is 5.91 Å². The van der Waals surface area contributed by atoms with Gasteiger partial charge >= 0.3 is 6.03 Å². The second-order valence-electron chi connectivity index (χ2n) is 6.81. The van der Waals surface area contributed by atoms with Crippen LogP contribution in [0.2, 0.25) is 0 Å². The van der Waals surface area contributed by atoms with Gasteiger partial charge in [0.05, 0.1) is 26.4 Å². The number of hydrogen-bond donors (Lipinski definition) is 2. The van der Waals surface area contributed by atoms with Gasteiger partial charge in [-0.05, 0) is 25.1 Å². The predicted molar refractivity (Wildman–Crippen MR) is 102 cm³/mol. The monoisotopic (exact) mass is 376 g/mol. The lowest BCUT2D eigenvalue weighted by Gasteiger charge is -2.26. The highest BCUT2D eigenvalue weighted by molar-refractivity contribution is 5.97. The Kier molecular flexibility index (Phi) is 6.89. The Balaban J connectivity index is 1.39. The fourth-order valence-electron chi connectivity index (χ4n) is 3.40. The predicted octanol–water partition coefficient (Wildman–Crippen LogP) is 0.822. The molecule has 8 heteroatoms. The zero-order valence-electron chi connectivity index (χ0n) is 15.8. The van der Waals surface area contributed by atoms with Gasteiger partial charge in [0.15, 0.2) is 0 Å². The lowest BCUT2D eigenvalue weighted by molar-refractivity contribution is -0.117. The lowest BCUT2D eigenvalue weighted by Crippen LogP contribution is -2.44. The first-order valence-corrected chi connectivity index (χ1v) is 9.44. The molecule has 0 radical (unpaired) electrons. The largest absolute Gasteiger partial charge is 0.497 e. The van der Waals surface area contributed by atoms with Crippen molar-refractivity contribution in [3.8, 4) is 5.75 Å². The van der Waals surface area contributed by atoms with Crippen LogP contribution in [0.5, 0.6) is 5.75 Å². The minimum Gasteiger partial charge on any atom is -0.497 e. The van der Waals surface area contributed by atoms with E-state index >= 15 is 0 Å². The van der Waals surface area contributed by atoms with E-state index in [2.05, 4.69) is 15.5 Å². The van der Waals surface area contributed by atoms with Gasteiger partial charge in [0, 0.05) is 44.4 Å². The Bertz CT molecular complexity index is 648. The van der Waals surface area contributed by atoms with E-state index in [0.29, 0.717) is 25.3 Å². The molecule has 1 aromatic rings. The average Bonchev–Trinajstić information content (AvgIpc) is 3.06. The van der Waals surface area contributed by atoms with Crippen molar-refractivity contribution in [2.24, 2.45) is 0 Å². The topological polar surface area (TPSA) is 83.1 Å². The van der Waals surface area contributed by atoms with Crippen molar-refractivity contribution >= 4 is 17.6 Å². The molecule has 8 nitrogen and oxygen atoms in total. The number of amides is 3. The summed E-state index contributed by atoms with van der Waals surface area (Å²) in [4.78, 5) is 28.4. The zero-order chi connectivity index (χ0) is 19.1. The first kappa shape index (κ1) is 19.4. The van der Waals surface area contributed by atoms with Crippen molar-refractivity contribution in [2.45, 2.75) is 18.9 Å². The van der Waals surface area contributed by atoms with Gasteiger partial charge in [0.1, 0.15) is 5.75 Å². The first-order valence-electron chi connectivity index (χ1n) is 9.44. The average molecular weight is 376 g/mol. The van der Waals surface area contributed by atoms with E-state index in [0.717, 1.165) is 45.0 Å². The summed E-state index contributed by atoms with van der Waals surface area (Å²) in [5, 5.41) is 5.78. The van der Waals surface area contributed by atoms with Gasteiger partial charge in [-0.25, -0.2) is 4.79 Å². The normalized spacial score (nSPS) is 20.6. The molecule has 2 heterocycles. The highest BCUT2D eigenvalue weighted by atomic mass is 16.5. The number of hydrogen-bond acceptors (Lipinski definition) is 5. The van der Waals surface area contributed by atoms with Gasteiger partial charge in [-0.3, -0.25) is 9.69 Å². The summed E-state index contributed by atoms with van der Waals surface area (Å²) in [5.41, 5.74) is 0.787. The molecule has 2 aliphatic rings. The molecule has 3 rings (SSSR count). The number of urea groups is 1. The summed E-state index contributed by atoms with van der Waals surface area (Å²) >= 11 is 0. The summed E-state index contributed by atoms with van der Waals surface area (Å²) < 4.78 is 10.5. The molecule has 0 saturated carbocycles. The summed E-state index contributed by atoms with van der Waals surface area (Å²) in [7, 11) is 1.60. The molecule has 1 aromatic carbocycles. The minimum absolute atomic E-state index is 0.000806. The second kappa shape index (κ2) is 9.57. The molecule has 0 bridgehead atoms. The van der Waals surface area contributed by atoms with E-state index in [4.69, 9.17) is 9.47 Å². The molecule has 0 aromatic heterocycles. The van der Waals surface area contributed by atoms with E-state index in [1.54, 1.807) is 12.0 Å². The quantitative estimate of drug-likeness (QED) is 0.689. The van der Waals surface area contributed by atoms with Gasteiger partial charge in [-0.2, -0.15) is 0 Å². The molecule has 2 fully saturated rings. The Morgan fingerprint density at radius 1 is 1.33 bits per heavy atom. The molecular formula is C19H28N4O4. The van der Waals surface area contributed by atoms with Crippen molar-refractivity contribution in [3.05, 3.63) is 24.3 Å². The van der Waals surface area contributed by atoms with Crippen LogP contribution in [0.25, 0.3) is 0 Å². The van der Waals surface area contributed by atoms with E-state index in [1.165, 1.54) is 0 Å². The van der Waals surface area contributed by atoms with Crippen molar-refractivity contribution < 1.29 is 19.1 Å². The van der Waals surface area contributed by atoms with Gasteiger partial charge in [0.25, 0.3) is 0 Å². The van der Waals surface area contributed by atoms with Crippen LogP contribution in [0.15, 0.2) is 24.3 Å². The number of ether oxygens (including phenoxy) is 2. The number of anilines is 1. The maximum Gasteiger partial charge on any atom is 0.315 e. The van der Waals surface area contributed by atoms with Crippen LogP contribution in [0.3, 0.4) is 0 Å². The number of morpholine rings is 1. The van der Waals surface area contributed by atoms with E-state index in [1.807, 2.05) is 24.3 Å². The summed E-state index contributed by atoms with van der Waals surface area (Å²) in [6.45, 7) is 5.51. The highest BCUT2D eigenvalue weighted by Gasteiger charge is 2.31. The van der Waals surface area contributed by atoms with Crippen LogP contribution < -0.4 is 20.3 Å². The van der Waals surface area contributed by atoms with Crippen LogP contribution in [0.1, 0.15) is 12.8 Å². The maximum absolute atomic E-state index is 12.3. The van der Waals surface area contributed by atoms with Gasteiger partial charge in [-0.1, -0.05) is 6.07 Å². The number of nitrogens with one attached hydrogen (secondary N) is 2. The number of carbonyl (C=O) groups is 2. The number of carbonyl (C=O) groups excluding carboxylic acids is 2. The first-order chi connectivity index (χ1) is 13.2. The van der Waals surface area contributed by atoms with Crippen molar-refractivity contribution in [2.75, 3.05) is 57.9 Å². The van der Waals surface area contributed by atoms with Crippen LogP contribution in [-0.2, 0) is 9.53 Å². The Hall–Kier alpha value is -2.32. The van der Waals surface area contributed by atoms with E-state index < -0.39 is 0 Å². The third-order valence-electron chi connectivity index (χ3n) is 4.87. The molecule has 0 aliphatic carbocycles. The molecule has 2 saturated heterocycles. The molecule has 0 unspecified atom stereocenters. The zero-order valence-corrected chi connectivity index (χ0v) is 15.8. The number of rotatable bonds is 7. The standard InChI is InChI=1S/C19H28N4O4/c1-26-17-5-2-4-16(13-17)23-14-15(12-18(23)24)21-19(25)20-6-3-7-22-8-10-27-11-9-22/h2,4-5,13,15H,3,6-12,14H2,1H3,(H2,20,21,25)/t15-/m1/s1. The maximum atomic E-state index is 12.3. The van der Waals surface area contributed by atoms with Crippen LogP contribution in [0.4, 0.5) is 10.5 Å². The Labute approximate surface area is 159 Å². The highest BCUT2D eigenvalue weighted by Crippen LogP contribution is 2.25. The van der Waals surface area contributed by atoms with E-state index in [9.17, 15) is 9.59 Å². The molecule has 148 valence electrons. The number of benzene rings is 1. The molecular weight excluding hydrogens is 348 g/mol. The SMILES string of the molecule is COc1cccc(N2C[C@H](NC(=O)NCCCN3CCOCC3)CC2=O)c1. The minimum atomic E-state index is -0.220. The van der Waals surface area contributed by atoms with Crippen LogP contribution >= 0.6 is 0 Å². The molecule has 3 amide bonds. The fourth-order valence-corrected chi connectivity index (χ4v) is 3.40. The third-order valence-corrected chi connectivity index (χ3v) is 4.87. The molecule has 2 N–H and O–H groups in total. The van der Waals surface area contributed by atoms with Gasteiger partial charge in [-0.15, -0.1) is 0 Å². The van der Waals surface area contributed by atoms with Crippen LogP contribution in [0, 0.1) is 0 Å². The van der Waals surface area contributed by atoms with Crippen molar-refractivity contribution in [1.82, 2.24) is 15.5 Å². The lowest BCUT2D eigenvalue weighted by atomic mass is 10.2. The summed E-state index contributed by atoms with van der Waals surface area (Å²) in [5.74, 6) is 0.704. The molecule has 2 aliphatic heterocycles. The van der Waals surface area contributed by atoms with Crippen molar-refractivity contribution in [3.63, 3.8) is 0 Å².